The molecule has 5 nitrogen and oxygen atoms in total. The molecule has 0 unspecified atom stereocenters. The number of amides is 2. The fourth-order valence-corrected chi connectivity index (χ4v) is 2.53. The highest BCUT2D eigenvalue weighted by molar-refractivity contribution is 7.22. The molecule has 1 aromatic heterocycles. The molecule has 0 fully saturated rings. The van der Waals surface area contributed by atoms with Gasteiger partial charge < -0.3 is 10.6 Å². The Balaban J connectivity index is 2.01. The van der Waals surface area contributed by atoms with Crippen molar-refractivity contribution in [3.05, 3.63) is 23.8 Å². The first-order chi connectivity index (χ1) is 9.08. The third-order valence-electron chi connectivity index (χ3n) is 2.56. The molecule has 2 aromatic rings. The highest BCUT2D eigenvalue weighted by Crippen LogP contribution is 2.26. The lowest BCUT2D eigenvalue weighted by Crippen LogP contribution is -2.32. The van der Waals surface area contributed by atoms with Gasteiger partial charge in [-0.05, 0) is 24.6 Å². The van der Waals surface area contributed by atoms with E-state index in [4.69, 9.17) is 0 Å². The summed E-state index contributed by atoms with van der Waals surface area (Å²) in [4.78, 5) is 27.0. The van der Waals surface area contributed by atoms with Crippen LogP contribution in [-0.2, 0) is 9.59 Å². The molecular formula is C13H15N3O2S. The summed E-state index contributed by atoms with van der Waals surface area (Å²) in [5, 5.41) is 5.76. The van der Waals surface area contributed by atoms with Crippen molar-refractivity contribution in [1.82, 2.24) is 10.3 Å². The van der Waals surface area contributed by atoms with Crippen LogP contribution in [-0.4, -0.2) is 23.3 Å². The Labute approximate surface area is 115 Å². The molecule has 1 aromatic carbocycles. The van der Waals surface area contributed by atoms with E-state index in [0.717, 1.165) is 15.8 Å². The van der Waals surface area contributed by atoms with Gasteiger partial charge in [-0.15, -0.1) is 0 Å². The lowest BCUT2D eigenvalue weighted by molar-refractivity contribution is -0.123. The van der Waals surface area contributed by atoms with Crippen molar-refractivity contribution in [3.8, 4) is 0 Å². The zero-order chi connectivity index (χ0) is 13.8. The van der Waals surface area contributed by atoms with Crippen LogP contribution in [0.4, 0.5) is 5.13 Å². The fourth-order valence-electron chi connectivity index (χ4n) is 1.55. The van der Waals surface area contributed by atoms with E-state index in [1.54, 1.807) is 6.92 Å². The van der Waals surface area contributed by atoms with Gasteiger partial charge in [-0.25, -0.2) is 4.98 Å². The second kappa shape index (κ2) is 5.79. The van der Waals surface area contributed by atoms with Crippen LogP contribution in [0.2, 0.25) is 0 Å². The molecule has 1 heterocycles. The number of aromatic nitrogens is 1. The number of anilines is 1. The monoisotopic (exact) mass is 277 g/mol. The Hall–Kier alpha value is -1.95. The van der Waals surface area contributed by atoms with E-state index < -0.39 is 0 Å². The van der Waals surface area contributed by atoms with E-state index in [1.807, 2.05) is 25.1 Å². The number of fused-ring (bicyclic) bond motifs is 1. The smallest absolute Gasteiger partial charge is 0.245 e. The largest absolute Gasteiger partial charge is 0.347 e. The lowest BCUT2D eigenvalue weighted by atomic mass is 10.2. The van der Waals surface area contributed by atoms with Gasteiger partial charge in [0.05, 0.1) is 16.8 Å². The zero-order valence-electron chi connectivity index (χ0n) is 10.8. The number of benzene rings is 1. The van der Waals surface area contributed by atoms with Gasteiger partial charge in [0.25, 0.3) is 0 Å². The molecule has 2 amide bonds. The van der Waals surface area contributed by atoms with Gasteiger partial charge in [0.2, 0.25) is 11.8 Å². The first-order valence-corrected chi connectivity index (χ1v) is 6.84. The highest BCUT2D eigenvalue weighted by Gasteiger charge is 2.08. The van der Waals surface area contributed by atoms with E-state index in [2.05, 4.69) is 15.6 Å². The van der Waals surface area contributed by atoms with Crippen LogP contribution < -0.4 is 10.6 Å². The number of aryl methyl sites for hydroxylation is 1. The van der Waals surface area contributed by atoms with Crippen molar-refractivity contribution in [2.75, 3.05) is 11.9 Å². The van der Waals surface area contributed by atoms with Crippen molar-refractivity contribution in [3.63, 3.8) is 0 Å². The maximum absolute atomic E-state index is 11.6. The molecule has 0 bridgehead atoms. The van der Waals surface area contributed by atoms with E-state index in [9.17, 15) is 9.59 Å². The van der Waals surface area contributed by atoms with Crippen molar-refractivity contribution in [2.45, 2.75) is 20.3 Å². The molecule has 2 N–H and O–H groups in total. The van der Waals surface area contributed by atoms with Crippen LogP contribution in [0.5, 0.6) is 0 Å². The summed E-state index contributed by atoms with van der Waals surface area (Å²) in [6.45, 7) is 3.72. The second-order valence-corrected chi connectivity index (χ2v) is 5.20. The quantitative estimate of drug-likeness (QED) is 0.898. The molecular weight excluding hydrogens is 262 g/mol. The lowest BCUT2D eigenvalue weighted by Gasteiger charge is -2.02. The molecule has 0 aliphatic carbocycles. The van der Waals surface area contributed by atoms with Gasteiger partial charge in [0, 0.05) is 6.42 Å². The predicted octanol–water partition coefficient (Wildman–Crippen LogP) is 2.07. The average Bonchev–Trinajstić information content (AvgIpc) is 2.77. The Morgan fingerprint density at radius 3 is 2.84 bits per heavy atom. The van der Waals surface area contributed by atoms with E-state index in [0.29, 0.717) is 11.6 Å². The maximum Gasteiger partial charge on any atom is 0.245 e. The van der Waals surface area contributed by atoms with Crippen LogP contribution in [0.3, 0.4) is 0 Å². The summed E-state index contributed by atoms with van der Waals surface area (Å²) in [6.07, 6.45) is 0.369. The zero-order valence-corrected chi connectivity index (χ0v) is 11.6. The minimum absolute atomic E-state index is 0.0262. The minimum atomic E-state index is -0.266. The van der Waals surface area contributed by atoms with Crippen LogP contribution in [0.15, 0.2) is 18.2 Å². The number of nitrogens with zero attached hydrogens (tertiary/aromatic N) is 1. The Kier molecular flexibility index (Phi) is 4.11. The van der Waals surface area contributed by atoms with Gasteiger partial charge in [-0.1, -0.05) is 24.3 Å². The van der Waals surface area contributed by atoms with Gasteiger partial charge in [0.15, 0.2) is 5.13 Å². The summed E-state index contributed by atoms with van der Waals surface area (Å²) in [5.41, 5.74) is 2.02. The average molecular weight is 277 g/mol. The standard InChI is InChI=1S/C13H15N3O2S/c1-3-11(17)14-7-12(18)16-13-15-9-5-4-8(2)6-10(9)19-13/h4-6H,3,7H2,1-2H3,(H,14,17)(H,15,16,18). The summed E-state index contributed by atoms with van der Waals surface area (Å²) in [6, 6.07) is 5.94. The van der Waals surface area contributed by atoms with E-state index in [1.165, 1.54) is 11.3 Å². The molecule has 6 heteroatoms. The molecule has 0 atom stereocenters. The normalized spacial score (nSPS) is 10.4. The molecule has 2 rings (SSSR count). The highest BCUT2D eigenvalue weighted by atomic mass is 32.1. The number of hydrogen-bond donors (Lipinski definition) is 2. The van der Waals surface area contributed by atoms with E-state index in [-0.39, 0.29) is 18.4 Å². The summed E-state index contributed by atoms with van der Waals surface area (Å²) >= 11 is 1.42. The SMILES string of the molecule is CCC(=O)NCC(=O)Nc1nc2ccc(C)cc2s1. The van der Waals surface area contributed by atoms with Crippen LogP contribution in [0.25, 0.3) is 10.2 Å². The van der Waals surface area contributed by atoms with E-state index >= 15 is 0 Å². The van der Waals surface area contributed by atoms with Crippen molar-refractivity contribution in [1.29, 1.82) is 0 Å². The van der Waals surface area contributed by atoms with Gasteiger partial charge >= 0.3 is 0 Å². The molecule has 0 saturated carbocycles. The van der Waals surface area contributed by atoms with Crippen LogP contribution in [0, 0.1) is 6.92 Å². The van der Waals surface area contributed by atoms with Crippen LogP contribution >= 0.6 is 11.3 Å². The number of carbonyl (C=O) groups is 2. The third-order valence-corrected chi connectivity index (χ3v) is 3.49. The number of hydrogen-bond acceptors (Lipinski definition) is 4. The Morgan fingerprint density at radius 1 is 1.32 bits per heavy atom. The van der Waals surface area contributed by atoms with Crippen molar-refractivity contribution >= 4 is 38.5 Å². The number of nitrogens with one attached hydrogen (secondary N) is 2. The third kappa shape index (κ3) is 3.51. The molecule has 0 radical (unpaired) electrons. The molecule has 0 aliphatic heterocycles. The Bertz CT molecular complexity index is 621. The second-order valence-electron chi connectivity index (χ2n) is 4.17. The first kappa shape index (κ1) is 13.5. The molecule has 19 heavy (non-hydrogen) atoms. The molecule has 0 spiro atoms. The molecule has 0 aliphatic rings. The number of carbonyl (C=O) groups excluding carboxylic acids is 2. The minimum Gasteiger partial charge on any atom is -0.347 e. The summed E-state index contributed by atoms with van der Waals surface area (Å²) in [5.74, 6) is -0.410. The van der Waals surface area contributed by atoms with Crippen molar-refractivity contribution < 1.29 is 9.59 Å². The first-order valence-electron chi connectivity index (χ1n) is 6.02. The Morgan fingerprint density at radius 2 is 2.11 bits per heavy atom. The number of thiazole rings is 1. The van der Waals surface area contributed by atoms with Crippen LogP contribution in [0.1, 0.15) is 18.9 Å². The predicted molar refractivity (Wildman–Crippen MR) is 76.3 cm³/mol. The van der Waals surface area contributed by atoms with Gasteiger partial charge in [0.1, 0.15) is 0 Å². The summed E-state index contributed by atoms with van der Waals surface area (Å²) < 4.78 is 1.04. The maximum atomic E-state index is 11.6. The van der Waals surface area contributed by atoms with Gasteiger partial charge in [-0.3, -0.25) is 9.59 Å². The fraction of sp³-hybridized carbons (Fsp3) is 0.308. The topological polar surface area (TPSA) is 71.1 Å². The molecule has 100 valence electrons. The summed E-state index contributed by atoms with van der Waals surface area (Å²) in [7, 11) is 0. The van der Waals surface area contributed by atoms with Gasteiger partial charge in [-0.2, -0.15) is 0 Å². The number of rotatable bonds is 4. The van der Waals surface area contributed by atoms with Crippen molar-refractivity contribution in [2.24, 2.45) is 0 Å². The molecule has 0 saturated heterocycles.